The lowest BCUT2D eigenvalue weighted by Gasteiger charge is -2.20. The molecule has 7 heteroatoms. The number of hydrogen-bond donors (Lipinski definition) is 2. The Bertz CT molecular complexity index is 681. The van der Waals surface area contributed by atoms with E-state index in [1.165, 1.54) is 7.11 Å². The zero-order valence-corrected chi connectivity index (χ0v) is 12.8. The predicted octanol–water partition coefficient (Wildman–Crippen LogP) is 1.63. The molecule has 1 aliphatic heterocycles. The zero-order valence-electron chi connectivity index (χ0n) is 12.8. The summed E-state index contributed by atoms with van der Waals surface area (Å²) in [5, 5.41) is 11.8. The second-order valence-corrected chi connectivity index (χ2v) is 5.88. The van der Waals surface area contributed by atoms with Crippen molar-refractivity contribution < 1.29 is 24.2 Å². The fraction of sp³-hybridized carbons (Fsp3) is 0.438. The Balaban J connectivity index is 1.81. The average Bonchev–Trinajstić information content (AvgIpc) is 3.25. The maximum absolute atomic E-state index is 12.1. The molecular weight excluding hydrogens is 300 g/mol. The monoisotopic (exact) mass is 318 g/mol. The topological polar surface area (TPSA) is 95.9 Å². The quantitative estimate of drug-likeness (QED) is 0.804. The van der Waals surface area contributed by atoms with Gasteiger partial charge in [0.05, 0.1) is 12.8 Å². The molecule has 0 unspecified atom stereocenters. The first-order valence-electron chi connectivity index (χ1n) is 7.51. The number of carboxylic acid groups (broad SMARTS) is 1. The first-order valence-corrected chi connectivity index (χ1v) is 7.51. The van der Waals surface area contributed by atoms with Gasteiger partial charge in [0, 0.05) is 24.7 Å². The number of carbonyl (C=O) groups is 3. The van der Waals surface area contributed by atoms with Gasteiger partial charge in [-0.2, -0.15) is 0 Å². The van der Waals surface area contributed by atoms with Crippen molar-refractivity contribution in [3.8, 4) is 5.75 Å². The summed E-state index contributed by atoms with van der Waals surface area (Å²) < 4.78 is 5.32. The van der Waals surface area contributed by atoms with Gasteiger partial charge >= 0.3 is 5.97 Å². The summed E-state index contributed by atoms with van der Waals surface area (Å²) in [6.07, 6.45) is 2.03. The highest BCUT2D eigenvalue weighted by atomic mass is 16.5. The molecule has 1 aromatic rings. The van der Waals surface area contributed by atoms with Crippen LogP contribution in [0.3, 0.4) is 0 Å². The van der Waals surface area contributed by atoms with E-state index < -0.39 is 17.3 Å². The number of hydrogen-bond acceptors (Lipinski definition) is 4. The van der Waals surface area contributed by atoms with Crippen molar-refractivity contribution in [2.75, 3.05) is 23.9 Å². The van der Waals surface area contributed by atoms with Crippen LogP contribution in [0, 0.1) is 5.41 Å². The molecule has 2 aliphatic rings. The molecule has 2 fully saturated rings. The smallest absolute Gasteiger partial charge is 0.319 e. The number of anilines is 2. The molecule has 3 rings (SSSR count). The van der Waals surface area contributed by atoms with Gasteiger partial charge < -0.3 is 20.1 Å². The largest absolute Gasteiger partial charge is 0.494 e. The summed E-state index contributed by atoms with van der Waals surface area (Å²) >= 11 is 0. The van der Waals surface area contributed by atoms with Crippen LogP contribution in [0.5, 0.6) is 5.75 Å². The molecular formula is C16H18N2O5. The van der Waals surface area contributed by atoms with Crippen molar-refractivity contribution in [1.29, 1.82) is 0 Å². The van der Waals surface area contributed by atoms with E-state index in [4.69, 9.17) is 9.84 Å². The van der Waals surface area contributed by atoms with Gasteiger partial charge in [0.25, 0.3) is 0 Å². The van der Waals surface area contributed by atoms with E-state index in [1.807, 2.05) is 0 Å². The molecule has 7 nitrogen and oxygen atoms in total. The molecule has 0 bridgehead atoms. The summed E-state index contributed by atoms with van der Waals surface area (Å²) in [6.45, 7) is 0.642. The van der Waals surface area contributed by atoms with Crippen molar-refractivity contribution in [2.24, 2.45) is 5.41 Å². The molecule has 23 heavy (non-hydrogen) atoms. The van der Waals surface area contributed by atoms with E-state index in [0.717, 1.165) is 6.42 Å². The number of nitrogens with one attached hydrogen (secondary N) is 1. The molecule has 1 saturated carbocycles. The predicted molar refractivity (Wildman–Crippen MR) is 82.5 cm³/mol. The van der Waals surface area contributed by atoms with Crippen LogP contribution < -0.4 is 15.0 Å². The number of carbonyl (C=O) groups excluding carboxylic acids is 2. The van der Waals surface area contributed by atoms with E-state index in [-0.39, 0.29) is 5.91 Å². The third-order valence-electron chi connectivity index (χ3n) is 4.40. The van der Waals surface area contributed by atoms with E-state index in [2.05, 4.69) is 5.32 Å². The molecule has 1 heterocycles. The second-order valence-electron chi connectivity index (χ2n) is 5.88. The Labute approximate surface area is 133 Å². The van der Waals surface area contributed by atoms with Crippen molar-refractivity contribution >= 4 is 29.2 Å². The summed E-state index contributed by atoms with van der Waals surface area (Å²) in [5.41, 5.74) is -0.182. The first kappa shape index (κ1) is 15.3. The van der Waals surface area contributed by atoms with Crippen LogP contribution in [0.1, 0.15) is 25.7 Å². The molecule has 0 atom stereocenters. The standard InChI is InChI=1S/C16H18N2O5/c1-23-12-9-10(17-14(20)16(6-7-16)15(21)22)4-5-11(12)18-8-2-3-13(18)19/h4-5,9H,2-3,6-8H2,1H3,(H,17,20)(H,21,22). The lowest BCUT2D eigenvalue weighted by Crippen LogP contribution is -2.31. The van der Waals surface area contributed by atoms with Gasteiger partial charge in [0.1, 0.15) is 11.2 Å². The SMILES string of the molecule is COc1cc(NC(=O)C2(C(=O)O)CC2)ccc1N1CCCC1=O. The second kappa shape index (κ2) is 5.57. The van der Waals surface area contributed by atoms with Crippen molar-refractivity contribution in [1.82, 2.24) is 0 Å². The normalized spacial score (nSPS) is 18.7. The molecule has 0 aromatic heterocycles. The fourth-order valence-electron chi connectivity index (χ4n) is 2.80. The number of rotatable bonds is 5. The van der Waals surface area contributed by atoms with Gasteiger partial charge in [0.2, 0.25) is 11.8 Å². The van der Waals surface area contributed by atoms with Crippen LogP contribution in [0.4, 0.5) is 11.4 Å². The highest BCUT2D eigenvalue weighted by Crippen LogP contribution is 2.47. The lowest BCUT2D eigenvalue weighted by atomic mass is 10.1. The summed E-state index contributed by atoms with van der Waals surface area (Å²) in [4.78, 5) is 36.8. The summed E-state index contributed by atoms with van der Waals surface area (Å²) in [5.74, 6) is -1.10. The highest BCUT2D eigenvalue weighted by molar-refractivity contribution is 6.11. The number of aliphatic carboxylic acids is 1. The Morgan fingerprint density at radius 2 is 2.09 bits per heavy atom. The van der Waals surface area contributed by atoms with E-state index in [0.29, 0.717) is 42.9 Å². The van der Waals surface area contributed by atoms with Crippen LogP contribution in [0.2, 0.25) is 0 Å². The number of carboxylic acids is 1. The lowest BCUT2D eigenvalue weighted by molar-refractivity contribution is -0.147. The molecule has 1 aromatic carbocycles. The van der Waals surface area contributed by atoms with Crippen LogP contribution in [-0.4, -0.2) is 36.5 Å². The third-order valence-corrected chi connectivity index (χ3v) is 4.40. The Kier molecular flexibility index (Phi) is 3.71. The minimum atomic E-state index is -1.29. The van der Waals surface area contributed by atoms with E-state index >= 15 is 0 Å². The Morgan fingerprint density at radius 1 is 1.35 bits per heavy atom. The van der Waals surface area contributed by atoms with E-state index in [9.17, 15) is 14.4 Å². The van der Waals surface area contributed by atoms with Crippen molar-refractivity contribution in [3.63, 3.8) is 0 Å². The number of amides is 2. The first-order chi connectivity index (χ1) is 11.0. The van der Waals surface area contributed by atoms with Gasteiger partial charge in [-0.25, -0.2) is 0 Å². The van der Waals surface area contributed by atoms with Gasteiger partial charge in [-0.3, -0.25) is 14.4 Å². The molecule has 122 valence electrons. The van der Waals surface area contributed by atoms with Gasteiger partial charge in [0.15, 0.2) is 0 Å². The molecule has 0 spiro atoms. The minimum Gasteiger partial charge on any atom is -0.494 e. The van der Waals surface area contributed by atoms with Crippen LogP contribution in [0.15, 0.2) is 18.2 Å². The fourth-order valence-corrected chi connectivity index (χ4v) is 2.80. The van der Waals surface area contributed by atoms with Gasteiger partial charge in [-0.15, -0.1) is 0 Å². The van der Waals surface area contributed by atoms with Gasteiger partial charge in [-0.1, -0.05) is 0 Å². The number of benzene rings is 1. The third kappa shape index (κ3) is 2.62. The number of methoxy groups -OCH3 is 1. The maximum Gasteiger partial charge on any atom is 0.319 e. The maximum atomic E-state index is 12.1. The van der Waals surface area contributed by atoms with Crippen molar-refractivity contribution in [3.05, 3.63) is 18.2 Å². The minimum absolute atomic E-state index is 0.0443. The molecule has 1 saturated heterocycles. The van der Waals surface area contributed by atoms with Crippen molar-refractivity contribution in [2.45, 2.75) is 25.7 Å². The van der Waals surface area contributed by atoms with Crippen LogP contribution in [-0.2, 0) is 14.4 Å². The summed E-state index contributed by atoms with van der Waals surface area (Å²) in [6, 6.07) is 4.97. The van der Waals surface area contributed by atoms with Gasteiger partial charge in [-0.05, 0) is 31.4 Å². The molecule has 1 aliphatic carbocycles. The average molecular weight is 318 g/mol. The molecule has 2 amide bonds. The Hall–Kier alpha value is -2.57. The van der Waals surface area contributed by atoms with Crippen LogP contribution >= 0.6 is 0 Å². The zero-order chi connectivity index (χ0) is 16.6. The molecule has 2 N–H and O–H groups in total. The van der Waals surface area contributed by atoms with E-state index in [1.54, 1.807) is 23.1 Å². The Morgan fingerprint density at radius 3 is 2.61 bits per heavy atom. The highest BCUT2D eigenvalue weighted by Gasteiger charge is 2.57. The number of nitrogens with zero attached hydrogens (tertiary/aromatic N) is 1. The molecule has 0 radical (unpaired) electrons. The number of ether oxygens (including phenoxy) is 1. The van der Waals surface area contributed by atoms with Crippen LogP contribution in [0.25, 0.3) is 0 Å². The summed E-state index contributed by atoms with van der Waals surface area (Å²) in [7, 11) is 1.49.